The maximum absolute atomic E-state index is 13.2. The highest BCUT2D eigenvalue weighted by atomic mass is 35.5. The lowest BCUT2D eigenvalue weighted by atomic mass is 10.2. The van der Waals surface area contributed by atoms with Crippen molar-refractivity contribution in [1.29, 1.82) is 0 Å². The summed E-state index contributed by atoms with van der Waals surface area (Å²) >= 11 is 5.73. The molecule has 0 spiro atoms. The summed E-state index contributed by atoms with van der Waals surface area (Å²) < 4.78 is 17.9. The molecule has 142 valence electrons. The molecule has 0 aliphatic heterocycles. The molecule has 1 heterocycles. The standard InChI is InChI=1S/C20H15ClFN3O3/c1-28-20(27)13-3-2-4-14(9-13)24-18-10-12(7-8-23-18)19(26)25-15-5-6-17(22)16(21)11-15/h2-11H,1H3,(H,23,24)(H,25,26). The number of anilines is 3. The Morgan fingerprint density at radius 2 is 1.86 bits per heavy atom. The number of benzene rings is 2. The van der Waals surface area contributed by atoms with Crippen molar-refractivity contribution in [2.24, 2.45) is 0 Å². The molecular weight excluding hydrogens is 385 g/mol. The first-order valence-corrected chi connectivity index (χ1v) is 8.52. The smallest absolute Gasteiger partial charge is 0.337 e. The van der Waals surface area contributed by atoms with Crippen molar-refractivity contribution in [1.82, 2.24) is 4.98 Å². The number of rotatable bonds is 5. The van der Waals surface area contributed by atoms with E-state index in [1.54, 1.807) is 30.3 Å². The molecule has 0 fully saturated rings. The van der Waals surface area contributed by atoms with Crippen molar-refractivity contribution in [2.75, 3.05) is 17.7 Å². The number of hydrogen-bond acceptors (Lipinski definition) is 5. The van der Waals surface area contributed by atoms with Crippen LogP contribution in [0.5, 0.6) is 0 Å². The van der Waals surface area contributed by atoms with Crippen LogP contribution in [-0.2, 0) is 4.74 Å². The maximum atomic E-state index is 13.2. The van der Waals surface area contributed by atoms with Crippen molar-refractivity contribution >= 4 is 40.7 Å². The molecule has 1 aromatic heterocycles. The zero-order valence-corrected chi connectivity index (χ0v) is 15.5. The molecule has 0 unspecified atom stereocenters. The quantitative estimate of drug-likeness (QED) is 0.610. The number of amides is 1. The molecule has 3 rings (SSSR count). The van der Waals surface area contributed by atoms with Gasteiger partial charge in [-0.3, -0.25) is 4.79 Å². The number of carbonyl (C=O) groups excluding carboxylic acids is 2. The van der Waals surface area contributed by atoms with E-state index in [1.165, 1.54) is 37.6 Å². The third-order valence-electron chi connectivity index (χ3n) is 3.76. The number of nitrogens with one attached hydrogen (secondary N) is 2. The predicted octanol–water partition coefficient (Wildman–Crippen LogP) is 4.66. The van der Waals surface area contributed by atoms with Crippen LogP contribution in [0.15, 0.2) is 60.8 Å². The van der Waals surface area contributed by atoms with Gasteiger partial charge in [-0.1, -0.05) is 17.7 Å². The fourth-order valence-electron chi connectivity index (χ4n) is 2.41. The monoisotopic (exact) mass is 399 g/mol. The number of aromatic nitrogens is 1. The van der Waals surface area contributed by atoms with Gasteiger partial charge in [-0.25, -0.2) is 14.2 Å². The van der Waals surface area contributed by atoms with Gasteiger partial charge in [0.05, 0.1) is 17.7 Å². The number of nitrogens with zero attached hydrogens (tertiary/aromatic N) is 1. The summed E-state index contributed by atoms with van der Waals surface area (Å²) in [6, 6.07) is 13.7. The molecule has 2 aromatic carbocycles. The average molecular weight is 400 g/mol. The third-order valence-corrected chi connectivity index (χ3v) is 4.05. The lowest BCUT2D eigenvalue weighted by Gasteiger charge is -2.09. The highest BCUT2D eigenvalue weighted by Crippen LogP contribution is 2.21. The van der Waals surface area contributed by atoms with Gasteiger partial charge in [0.1, 0.15) is 11.6 Å². The number of ether oxygens (including phenoxy) is 1. The predicted molar refractivity (Wildman–Crippen MR) is 105 cm³/mol. The van der Waals surface area contributed by atoms with E-state index < -0.39 is 17.7 Å². The second-order valence-corrected chi connectivity index (χ2v) is 6.12. The molecule has 0 aliphatic rings. The van der Waals surface area contributed by atoms with E-state index in [-0.39, 0.29) is 5.02 Å². The Morgan fingerprint density at radius 3 is 2.61 bits per heavy atom. The highest BCUT2D eigenvalue weighted by Gasteiger charge is 2.10. The molecule has 0 aliphatic carbocycles. The van der Waals surface area contributed by atoms with Crippen molar-refractivity contribution in [3.8, 4) is 0 Å². The number of methoxy groups -OCH3 is 1. The Morgan fingerprint density at radius 1 is 1.04 bits per heavy atom. The SMILES string of the molecule is COC(=O)c1cccc(Nc2cc(C(=O)Nc3ccc(F)c(Cl)c3)ccn2)c1. The minimum absolute atomic E-state index is 0.0830. The van der Waals surface area contributed by atoms with Gasteiger partial charge in [0.25, 0.3) is 5.91 Å². The zero-order valence-electron chi connectivity index (χ0n) is 14.7. The number of esters is 1. The molecule has 2 N–H and O–H groups in total. The third kappa shape index (κ3) is 4.63. The second-order valence-electron chi connectivity index (χ2n) is 5.71. The molecule has 6 nitrogen and oxygen atoms in total. The Kier molecular flexibility index (Phi) is 5.86. The minimum Gasteiger partial charge on any atom is -0.465 e. The van der Waals surface area contributed by atoms with E-state index in [4.69, 9.17) is 16.3 Å². The molecule has 1 amide bonds. The molecule has 3 aromatic rings. The van der Waals surface area contributed by atoms with Gasteiger partial charge in [0.2, 0.25) is 0 Å². The van der Waals surface area contributed by atoms with Gasteiger partial charge in [-0.2, -0.15) is 0 Å². The lowest BCUT2D eigenvalue weighted by Crippen LogP contribution is -2.12. The number of pyridine rings is 1. The van der Waals surface area contributed by atoms with E-state index in [2.05, 4.69) is 15.6 Å². The fraction of sp³-hybridized carbons (Fsp3) is 0.0500. The first-order chi connectivity index (χ1) is 13.5. The lowest BCUT2D eigenvalue weighted by molar-refractivity contribution is 0.0600. The summed E-state index contributed by atoms with van der Waals surface area (Å²) in [6.07, 6.45) is 1.47. The number of halogens is 2. The summed E-state index contributed by atoms with van der Waals surface area (Å²) in [6.45, 7) is 0. The molecule has 0 atom stereocenters. The van der Waals surface area contributed by atoms with Crippen molar-refractivity contribution in [3.63, 3.8) is 0 Å². The Balaban J connectivity index is 1.75. The molecule has 0 bridgehead atoms. The van der Waals surface area contributed by atoms with E-state index >= 15 is 0 Å². The van der Waals surface area contributed by atoms with Crippen LogP contribution >= 0.6 is 11.6 Å². The molecule has 8 heteroatoms. The van der Waals surface area contributed by atoms with Gasteiger partial charge < -0.3 is 15.4 Å². The first kappa shape index (κ1) is 19.3. The number of carbonyl (C=O) groups is 2. The van der Waals surface area contributed by atoms with Gasteiger partial charge >= 0.3 is 5.97 Å². The van der Waals surface area contributed by atoms with Crippen LogP contribution in [0.4, 0.5) is 21.6 Å². The summed E-state index contributed by atoms with van der Waals surface area (Å²) in [4.78, 5) is 28.2. The van der Waals surface area contributed by atoms with Gasteiger partial charge in [0, 0.05) is 23.1 Å². The van der Waals surface area contributed by atoms with Crippen molar-refractivity contribution in [3.05, 3.63) is 82.8 Å². The summed E-state index contributed by atoms with van der Waals surface area (Å²) in [5.74, 6) is -1.02. The average Bonchev–Trinajstić information content (AvgIpc) is 2.70. The maximum Gasteiger partial charge on any atom is 0.337 e. The molecule has 28 heavy (non-hydrogen) atoms. The van der Waals surface area contributed by atoms with Crippen LogP contribution in [0.3, 0.4) is 0 Å². The van der Waals surface area contributed by atoms with Crippen LogP contribution in [-0.4, -0.2) is 24.0 Å². The fourth-order valence-corrected chi connectivity index (χ4v) is 2.59. The summed E-state index contributed by atoms with van der Waals surface area (Å²) in [5.41, 5.74) is 1.70. The molecule has 0 saturated heterocycles. The first-order valence-electron chi connectivity index (χ1n) is 8.14. The highest BCUT2D eigenvalue weighted by molar-refractivity contribution is 6.31. The summed E-state index contributed by atoms with van der Waals surface area (Å²) in [7, 11) is 1.31. The van der Waals surface area contributed by atoms with E-state index in [0.717, 1.165) is 0 Å². The second kappa shape index (κ2) is 8.49. The largest absolute Gasteiger partial charge is 0.465 e. The van der Waals surface area contributed by atoms with Crippen molar-refractivity contribution < 1.29 is 18.7 Å². The Bertz CT molecular complexity index is 1040. The van der Waals surface area contributed by atoms with Crippen LogP contribution in [0.25, 0.3) is 0 Å². The van der Waals surface area contributed by atoms with Gasteiger partial charge in [-0.15, -0.1) is 0 Å². The molecular formula is C20H15ClFN3O3. The van der Waals surface area contributed by atoms with E-state index in [1.807, 2.05) is 0 Å². The molecule has 0 saturated carbocycles. The Hall–Kier alpha value is -3.45. The minimum atomic E-state index is -0.566. The van der Waals surface area contributed by atoms with Crippen LogP contribution in [0.1, 0.15) is 20.7 Å². The van der Waals surface area contributed by atoms with Gasteiger partial charge in [0.15, 0.2) is 0 Å². The van der Waals surface area contributed by atoms with Crippen molar-refractivity contribution in [2.45, 2.75) is 0 Å². The van der Waals surface area contributed by atoms with Crippen LogP contribution in [0.2, 0.25) is 5.02 Å². The molecule has 0 radical (unpaired) electrons. The van der Waals surface area contributed by atoms with E-state index in [9.17, 15) is 14.0 Å². The normalized spacial score (nSPS) is 10.2. The van der Waals surface area contributed by atoms with Gasteiger partial charge in [-0.05, 0) is 48.5 Å². The number of hydrogen-bond donors (Lipinski definition) is 2. The topological polar surface area (TPSA) is 80.3 Å². The summed E-state index contributed by atoms with van der Waals surface area (Å²) in [5, 5.41) is 5.59. The zero-order chi connectivity index (χ0) is 20.1. The van der Waals surface area contributed by atoms with Crippen LogP contribution < -0.4 is 10.6 Å². The van der Waals surface area contributed by atoms with Crippen LogP contribution in [0, 0.1) is 5.82 Å². The van der Waals surface area contributed by atoms with E-state index in [0.29, 0.717) is 28.3 Å². The Labute approximate surface area is 165 Å².